The highest BCUT2D eigenvalue weighted by Crippen LogP contribution is 2.33. The average molecular weight is 387 g/mol. The molecular weight excluding hydrogens is 364 g/mol. The van der Waals surface area contributed by atoms with E-state index in [1.54, 1.807) is 30.3 Å². The standard InChI is InChI=1S/C20H23ClN4O2/c1-23(2)11-12-24(3)17-6-4-5-16-19(17)22-18(26)13-25(20(16)27)15-9-7-14(21)8-10-15/h4-10H,11-13H2,1-3H3,(H,22,26). The summed E-state index contributed by atoms with van der Waals surface area (Å²) >= 11 is 5.94. The van der Waals surface area contributed by atoms with Gasteiger partial charge in [0.15, 0.2) is 0 Å². The van der Waals surface area contributed by atoms with Crippen LogP contribution in [0.4, 0.5) is 17.1 Å². The summed E-state index contributed by atoms with van der Waals surface area (Å²) in [5.74, 6) is -0.445. The largest absolute Gasteiger partial charge is 0.372 e. The van der Waals surface area contributed by atoms with Gasteiger partial charge in [-0.05, 0) is 50.5 Å². The van der Waals surface area contributed by atoms with E-state index >= 15 is 0 Å². The van der Waals surface area contributed by atoms with Crippen molar-refractivity contribution in [3.63, 3.8) is 0 Å². The molecule has 0 radical (unpaired) electrons. The van der Waals surface area contributed by atoms with Gasteiger partial charge in [-0.15, -0.1) is 0 Å². The van der Waals surface area contributed by atoms with Crippen LogP contribution in [0.25, 0.3) is 0 Å². The van der Waals surface area contributed by atoms with E-state index in [4.69, 9.17) is 11.6 Å². The molecule has 0 bridgehead atoms. The van der Waals surface area contributed by atoms with E-state index in [1.165, 1.54) is 4.90 Å². The SMILES string of the molecule is CN(C)CCN(C)c1cccc2c1NC(=O)CN(c1ccc(Cl)cc1)C2=O. The summed E-state index contributed by atoms with van der Waals surface area (Å²) in [7, 11) is 5.97. The summed E-state index contributed by atoms with van der Waals surface area (Å²) in [6.07, 6.45) is 0. The van der Waals surface area contributed by atoms with Gasteiger partial charge < -0.3 is 15.1 Å². The lowest BCUT2D eigenvalue weighted by molar-refractivity contribution is -0.114. The van der Waals surface area contributed by atoms with E-state index in [0.717, 1.165) is 18.8 Å². The molecule has 1 heterocycles. The molecule has 2 aromatic carbocycles. The molecular formula is C20H23ClN4O2. The van der Waals surface area contributed by atoms with Gasteiger partial charge in [0.05, 0.1) is 16.9 Å². The molecule has 3 rings (SSSR count). The Kier molecular flexibility index (Phi) is 5.68. The smallest absolute Gasteiger partial charge is 0.260 e. The first-order valence-corrected chi connectivity index (χ1v) is 9.11. The Morgan fingerprint density at radius 2 is 1.74 bits per heavy atom. The fourth-order valence-corrected chi connectivity index (χ4v) is 3.13. The van der Waals surface area contributed by atoms with Crippen LogP contribution in [0.1, 0.15) is 10.4 Å². The first-order valence-electron chi connectivity index (χ1n) is 8.73. The molecule has 142 valence electrons. The van der Waals surface area contributed by atoms with Gasteiger partial charge in [-0.1, -0.05) is 17.7 Å². The van der Waals surface area contributed by atoms with Crippen LogP contribution >= 0.6 is 11.6 Å². The quantitative estimate of drug-likeness (QED) is 0.858. The summed E-state index contributed by atoms with van der Waals surface area (Å²) < 4.78 is 0. The van der Waals surface area contributed by atoms with Gasteiger partial charge in [0.25, 0.3) is 5.91 Å². The molecule has 2 aromatic rings. The number of benzene rings is 2. The Labute approximate surface area is 164 Å². The van der Waals surface area contributed by atoms with E-state index in [0.29, 0.717) is 22.0 Å². The number of para-hydroxylation sites is 1. The Morgan fingerprint density at radius 3 is 2.41 bits per heavy atom. The Morgan fingerprint density at radius 1 is 1.04 bits per heavy atom. The van der Waals surface area contributed by atoms with Crippen LogP contribution in [0, 0.1) is 0 Å². The number of amides is 2. The number of hydrogen-bond donors (Lipinski definition) is 1. The molecule has 2 amide bonds. The van der Waals surface area contributed by atoms with E-state index in [-0.39, 0.29) is 18.4 Å². The van der Waals surface area contributed by atoms with Crippen LogP contribution in [0.2, 0.25) is 5.02 Å². The molecule has 0 saturated heterocycles. The third-order valence-corrected chi connectivity index (χ3v) is 4.77. The van der Waals surface area contributed by atoms with Gasteiger partial charge in [0.1, 0.15) is 6.54 Å². The van der Waals surface area contributed by atoms with Crippen LogP contribution in [0.3, 0.4) is 0 Å². The van der Waals surface area contributed by atoms with Gasteiger partial charge >= 0.3 is 0 Å². The number of rotatable bonds is 5. The summed E-state index contributed by atoms with van der Waals surface area (Å²) in [5, 5.41) is 3.50. The van der Waals surface area contributed by atoms with E-state index in [1.807, 2.05) is 38.2 Å². The number of anilines is 3. The van der Waals surface area contributed by atoms with Gasteiger partial charge in [-0.2, -0.15) is 0 Å². The topological polar surface area (TPSA) is 55.9 Å². The molecule has 7 heteroatoms. The second-order valence-corrected chi connectivity index (χ2v) is 7.28. The van der Waals surface area contributed by atoms with Gasteiger partial charge in [0.2, 0.25) is 5.91 Å². The first-order chi connectivity index (χ1) is 12.9. The molecule has 6 nitrogen and oxygen atoms in total. The summed E-state index contributed by atoms with van der Waals surface area (Å²) in [4.78, 5) is 31.3. The molecule has 1 N–H and O–H groups in total. The number of nitrogens with one attached hydrogen (secondary N) is 1. The van der Waals surface area contributed by atoms with E-state index in [2.05, 4.69) is 10.2 Å². The summed E-state index contributed by atoms with van der Waals surface area (Å²) in [6.45, 7) is 1.59. The Hall–Kier alpha value is -2.57. The number of fused-ring (bicyclic) bond motifs is 1. The molecule has 0 aromatic heterocycles. The van der Waals surface area contributed by atoms with Crippen molar-refractivity contribution >= 4 is 40.5 Å². The fourth-order valence-electron chi connectivity index (χ4n) is 3.01. The van der Waals surface area contributed by atoms with Crippen LogP contribution in [-0.2, 0) is 4.79 Å². The van der Waals surface area contributed by atoms with Crippen molar-refractivity contribution < 1.29 is 9.59 Å². The average Bonchev–Trinajstić information content (AvgIpc) is 2.76. The number of halogens is 1. The highest BCUT2D eigenvalue weighted by molar-refractivity contribution is 6.30. The highest BCUT2D eigenvalue weighted by Gasteiger charge is 2.29. The monoisotopic (exact) mass is 386 g/mol. The number of carbonyl (C=O) groups is 2. The van der Waals surface area contributed by atoms with Crippen LogP contribution in [-0.4, -0.2) is 57.5 Å². The maximum atomic E-state index is 13.2. The normalized spacial score (nSPS) is 14.0. The molecule has 0 saturated carbocycles. The van der Waals surface area contributed by atoms with Crippen LogP contribution in [0.15, 0.2) is 42.5 Å². The van der Waals surface area contributed by atoms with Crippen molar-refractivity contribution in [3.8, 4) is 0 Å². The maximum absolute atomic E-state index is 13.2. The number of hydrogen-bond acceptors (Lipinski definition) is 4. The second kappa shape index (κ2) is 7.98. The maximum Gasteiger partial charge on any atom is 0.260 e. The van der Waals surface area contributed by atoms with Crippen LogP contribution < -0.4 is 15.1 Å². The molecule has 0 aliphatic carbocycles. The molecule has 0 unspecified atom stereocenters. The number of carbonyl (C=O) groups excluding carboxylic acids is 2. The van der Waals surface area contributed by atoms with Gasteiger partial charge in [0, 0.05) is 30.8 Å². The van der Waals surface area contributed by atoms with Crippen molar-refractivity contribution in [2.24, 2.45) is 0 Å². The van der Waals surface area contributed by atoms with Gasteiger partial charge in [-0.3, -0.25) is 14.5 Å². The molecule has 0 fully saturated rings. The van der Waals surface area contributed by atoms with Crippen LogP contribution in [0.5, 0.6) is 0 Å². The molecule has 27 heavy (non-hydrogen) atoms. The number of nitrogens with zero attached hydrogens (tertiary/aromatic N) is 3. The third kappa shape index (κ3) is 4.23. The van der Waals surface area contributed by atoms with Gasteiger partial charge in [-0.25, -0.2) is 0 Å². The number of likely N-dealkylation sites (N-methyl/N-ethyl adjacent to an activating group) is 2. The Bertz CT molecular complexity index is 852. The first kappa shape index (κ1) is 19.2. The van der Waals surface area contributed by atoms with E-state index < -0.39 is 0 Å². The van der Waals surface area contributed by atoms with Crippen molar-refractivity contribution in [1.82, 2.24) is 4.90 Å². The minimum absolute atomic E-state index is 0.0456. The van der Waals surface area contributed by atoms with Crippen molar-refractivity contribution in [2.75, 3.05) is 55.9 Å². The zero-order valence-electron chi connectivity index (χ0n) is 15.7. The van der Waals surface area contributed by atoms with Crippen molar-refractivity contribution in [2.45, 2.75) is 0 Å². The fraction of sp³-hybridized carbons (Fsp3) is 0.300. The zero-order valence-corrected chi connectivity index (χ0v) is 16.5. The third-order valence-electron chi connectivity index (χ3n) is 4.52. The summed E-state index contributed by atoms with van der Waals surface area (Å²) in [5.41, 5.74) is 2.50. The Balaban J connectivity index is 1.98. The lowest BCUT2D eigenvalue weighted by Gasteiger charge is -2.25. The molecule has 1 aliphatic heterocycles. The molecule has 1 aliphatic rings. The zero-order chi connectivity index (χ0) is 19.6. The predicted octanol–water partition coefficient (Wildman–Crippen LogP) is 2.94. The van der Waals surface area contributed by atoms with Crippen molar-refractivity contribution in [3.05, 3.63) is 53.1 Å². The van der Waals surface area contributed by atoms with E-state index in [9.17, 15) is 9.59 Å². The molecule has 0 spiro atoms. The summed E-state index contributed by atoms with van der Waals surface area (Å²) in [6, 6.07) is 12.4. The lowest BCUT2D eigenvalue weighted by Crippen LogP contribution is -2.34. The highest BCUT2D eigenvalue weighted by atomic mass is 35.5. The van der Waals surface area contributed by atoms with Crippen molar-refractivity contribution in [1.29, 1.82) is 0 Å². The minimum Gasteiger partial charge on any atom is -0.372 e. The molecule has 0 atom stereocenters. The predicted molar refractivity (Wildman–Crippen MR) is 110 cm³/mol. The minimum atomic E-state index is -0.231. The second-order valence-electron chi connectivity index (χ2n) is 6.84. The lowest BCUT2D eigenvalue weighted by atomic mass is 10.1.